The van der Waals surface area contributed by atoms with E-state index >= 15 is 0 Å². The fraction of sp³-hybridized carbons (Fsp3) is 0.208. The SMILES string of the molecule is O=C1CCCN1Cc1ccc(CNc2nc(-c3ccsc3)nc3ccccc23)cc1. The number of amides is 1. The van der Waals surface area contributed by atoms with Gasteiger partial charge >= 0.3 is 0 Å². The van der Waals surface area contributed by atoms with Crippen molar-refractivity contribution < 1.29 is 4.79 Å². The van der Waals surface area contributed by atoms with Crippen molar-refractivity contribution in [2.24, 2.45) is 0 Å². The van der Waals surface area contributed by atoms with Gasteiger partial charge in [-0.3, -0.25) is 4.79 Å². The fourth-order valence-corrected chi connectivity index (χ4v) is 4.41. The third-order valence-corrected chi connectivity index (χ3v) is 6.09. The number of likely N-dealkylation sites (tertiary alicyclic amines) is 1. The van der Waals surface area contributed by atoms with Gasteiger partial charge in [0, 0.05) is 42.4 Å². The number of carbonyl (C=O) groups excluding carboxylic acids is 1. The average molecular weight is 415 g/mol. The highest BCUT2D eigenvalue weighted by molar-refractivity contribution is 7.08. The lowest BCUT2D eigenvalue weighted by molar-refractivity contribution is -0.128. The molecule has 6 heteroatoms. The Balaban J connectivity index is 1.34. The minimum absolute atomic E-state index is 0.262. The van der Waals surface area contributed by atoms with Crippen molar-refractivity contribution in [1.29, 1.82) is 0 Å². The summed E-state index contributed by atoms with van der Waals surface area (Å²) in [5, 5.41) is 8.62. The molecule has 0 unspecified atom stereocenters. The highest BCUT2D eigenvalue weighted by Gasteiger charge is 2.19. The van der Waals surface area contributed by atoms with Gasteiger partial charge in [-0.1, -0.05) is 36.4 Å². The quantitative estimate of drug-likeness (QED) is 0.477. The Hall–Kier alpha value is -3.25. The first-order valence-corrected chi connectivity index (χ1v) is 11.1. The molecule has 3 heterocycles. The molecule has 1 N–H and O–H groups in total. The summed E-state index contributed by atoms with van der Waals surface area (Å²) in [6, 6.07) is 18.6. The van der Waals surface area contributed by atoms with Gasteiger partial charge in [-0.15, -0.1) is 0 Å². The van der Waals surface area contributed by atoms with E-state index in [2.05, 4.69) is 35.0 Å². The molecule has 1 aliphatic heterocycles. The van der Waals surface area contributed by atoms with Crippen LogP contribution in [0.2, 0.25) is 0 Å². The van der Waals surface area contributed by atoms with Gasteiger partial charge in [-0.05, 0) is 41.1 Å². The summed E-state index contributed by atoms with van der Waals surface area (Å²) in [6.45, 7) is 2.25. The second kappa shape index (κ2) is 8.24. The largest absolute Gasteiger partial charge is 0.365 e. The first-order valence-electron chi connectivity index (χ1n) is 10.1. The van der Waals surface area contributed by atoms with Crippen molar-refractivity contribution in [1.82, 2.24) is 14.9 Å². The van der Waals surface area contributed by atoms with Crippen LogP contribution in [0.3, 0.4) is 0 Å². The summed E-state index contributed by atoms with van der Waals surface area (Å²) in [7, 11) is 0. The Morgan fingerprint density at radius 1 is 1.00 bits per heavy atom. The molecule has 5 rings (SSSR count). The first kappa shape index (κ1) is 18.8. The number of nitrogens with zero attached hydrogens (tertiary/aromatic N) is 3. The molecular formula is C24H22N4OS. The molecule has 2 aromatic carbocycles. The van der Waals surface area contributed by atoms with Crippen molar-refractivity contribution >= 4 is 34.0 Å². The molecule has 4 aromatic rings. The maximum absolute atomic E-state index is 11.8. The van der Waals surface area contributed by atoms with Crippen molar-refractivity contribution in [2.75, 3.05) is 11.9 Å². The van der Waals surface area contributed by atoms with Crippen LogP contribution >= 0.6 is 11.3 Å². The lowest BCUT2D eigenvalue weighted by atomic mass is 10.1. The average Bonchev–Trinajstić information content (AvgIpc) is 3.45. The van der Waals surface area contributed by atoms with E-state index in [0.717, 1.165) is 41.1 Å². The molecule has 2 aromatic heterocycles. The molecule has 1 aliphatic rings. The molecule has 5 nitrogen and oxygen atoms in total. The number of nitrogens with one attached hydrogen (secondary N) is 1. The zero-order valence-corrected chi connectivity index (χ0v) is 17.4. The summed E-state index contributed by atoms with van der Waals surface area (Å²) in [5.74, 6) is 1.84. The number of hydrogen-bond donors (Lipinski definition) is 1. The van der Waals surface area contributed by atoms with Gasteiger partial charge < -0.3 is 10.2 Å². The predicted molar refractivity (Wildman–Crippen MR) is 121 cm³/mol. The Morgan fingerprint density at radius 2 is 1.83 bits per heavy atom. The van der Waals surface area contributed by atoms with Gasteiger partial charge in [0.25, 0.3) is 0 Å². The molecule has 0 radical (unpaired) electrons. The molecule has 0 saturated carbocycles. The Kier molecular flexibility index (Phi) is 5.15. The zero-order valence-electron chi connectivity index (χ0n) is 16.5. The zero-order chi connectivity index (χ0) is 20.3. The van der Waals surface area contributed by atoms with Gasteiger partial charge in [-0.25, -0.2) is 9.97 Å². The summed E-state index contributed by atoms with van der Waals surface area (Å²) in [6.07, 6.45) is 1.66. The number of carbonyl (C=O) groups is 1. The fourth-order valence-electron chi connectivity index (χ4n) is 3.77. The van der Waals surface area contributed by atoms with Gasteiger partial charge in [0.05, 0.1) is 5.52 Å². The molecular weight excluding hydrogens is 392 g/mol. The molecule has 1 saturated heterocycles. The topological polar surface area (TPSA) is 58.1 Å². The van der Waals surface area contributed by atoms with Crippen LogP contribution in [0.15, 0.2) is 65.4 Å². The Morgan fingerprint density at radius 3 is 2.60 bits per heavy atom. The van der Waals surface area contributed by atoms with E-state index in [9.17, 15) is 4.79 Å². The number of thiophene rings is 1. The van der Waals surface area contributed by atoms with E-state index in [0.29, 0.717) is 19.5 Å². The van der Waals surface area contributed by atoms with Gasteiger partial charge in [0.15, 0.2) is 5.82 Å². The maximum Gasteiger partial charge on any atom is 0.222 e. The second-order valence-electron chi connectivity index (χ2n) is 7.51. The van der Waals surface area contributed by atoms with E-state index in [1.807, 2.05) is 40.6 Å². The molecule has 1 fully saturated rings. The van der Waals surface area contributed by atoms with Crippen molar-refractivity contribution in [3.63, 3.8) is 0 Å². The van der Waals surface area contributed by atoms with Crippen LogP contribution in [0.1, 0.15) is 24.0 Å². The highest BCUT2D eigenvalue weighted by Crippen LogP contribution is 2.26. The number of hydrogen-bond acceptors (Lipinski definition) is 5. The van der Waals surface area contributed by atoms with Gasteiger partial charge in [-0.2, -0.15) is 11.3 Å². The van der Waals surface area contributed by atoms with Crippen molar-refractivity contribution in [3.05, 3.63) is 76.5 Å². The summed E-state index contributed by atoms with van der Waals surface area (Å²) in [5.41, 5.74) is 4.31. The number of benzene rings is 2. The van der Waals surface area contributed by atoms with Crippen molar-refractivity contribution in [3.8, 4) is 11.4 Å². The lowest BCUT2D eigenvalue weighted by Crippen LogP contribution is -2.23. The number of aromatic nitrogens is 2. The molecule has 1 amide bonds. The third-order valence-electron chi connectivity index (χ3n) is 5.41. The monoisotopic (exact) mass is 414 g/mol. The number of rotatable bonds is 6. The third kappa shape index (κ3) is 3.91. The highest BCUT2D eigenvalue weighted by atomic mass is 32.1. The van der Waals surface area contributed by atoms with E-state index < -0.39 is 0 Å². The Labute approximate surface area is 179 Å². The van der Waals surface area contributed by atoms with Crippen LogP contribution < -0.4 is 5.32 Å². The van der Waals surface area contributed by atoms with E-state index in [-0.39, 0.29) is 5.91 Å². The minimum Gasteiger partial charge on any atom is -0.365 e. The van der Waals surface area contributed by atoms with Crippen LogP contribution in [0.25, 0.3) is 22.3 Å². The summed E-state index contributed by atoms with van der Waals surface area (Å²) < 4.78 is 0. The summed E-state index contributed by atoms with van der Waals surface area (Å²) >= 11 is 1.64. The smallest absolute Gasteiger partial charge is 0.222 e. The van der Waals surface area contributed by atoms with Crippen LogP contribution in [0, 0.1) is 0 Å². The van der Waals surface area contributed by atoms with Crippen LogP contribution in [0.5, 0.6) is 0 Å². The molecule has 150 valence electrons. The molecule has 30 heavy (non-hydrogen) atoms. The molecule has 0 bridgehead atoms. The van der Waals surface area contributed by atoms with Crippen LogP contribution in [-0.2, 0) is 17.9 Å². The van der Waals surface area contributed by atoms with Gasteiger partial charge in [0.1, 0.15) is 5.82 Å². The van der Waals surface area contributed by atoms with E-state index in [4.69, 9.17) is 9.97 Å². The molecule has 0 spiro atoms. The lowest BCUT2D eigenvalue weighted by Gasteiger charge is -2.16. The van der Waals surface area contributed by atoms with Crippen LogP contribution in [0.4, 0.5) is 5.82 Å². The number of anilines is 1. The first-order chi connectivity index (χ1) is 14.8. The normalized spacial score (nSPS) is 13.9. The standard InChI is InChI=1S/C24H22N4OS/c29-22-6-3-12-28(22)15-18-9-7-17(8-10-18)14-25-24-20-4-1-2-5-21(20)26-23(27-24)19-11-13-30-16-19/h1-2,4-5,7-11,13,16H,3,6,12,14-15H2,(H,25,26,27). The minimum atomic E-state index is 0.262. The number of para-hydroxylation sites is 1. The van der Waals surface area contributed by atoms with E-state index in [1.165, 1.54) is 11.1 Å². The van der Waals surface area contributed by atoms with Gasteiger partial charge in [0.2, 0.25) is 5.91 Å². The number of fused-ring (bicyclic) bond motifs is 1. The maximum atomic E-state index is 11.8. The molecule has 0 atom stereocenters. The molecule has 0 aliphatic carbocycles. The van der Waals surface area contributed by atoms with E-state index in [1.54, 1.807) is 11.3 Å². The van der Waals surface area contributed by atoms with Crippen molar-refractivity contribution in [2.45, 2.75) is 25.9 Å². The Bertz CT molecular complexity index is 1170. The summed E-state index contributed by atoms with van der Waals surface area (Å²) in [4.78, 5) is 23.3. The second-order valence-corrected chi connectivity index (χ2v) is 8.29. The predicted octanol–water partition coefficient (Wildman–Crippen LogP) is 5.09. The van der Waals surface area contributed by atoms with Crippen LogP contribution in [-0.4, -0.2) is 27.3 Å².